The minimum absolute atomic E-state index is 0.0604. The second-order valence-electron chi connectivity index (χ2n) is 20.8. The number of aromatic nitrogens is 20. The number of H-pyrrole nitrogens is 1. The zero-order chi connectivity index (χ0) is 62.4. The van der Waals surface area contributed by atoms with Crippen LogP contribution in [-0.2, 0) is 33.7 Å². The van der Waals surface area contributed by atoms with Gasteiger partial charge in [-0.15, -0.1) is 0 Å². The maximum atomic E-state index is 12.6. The van der Waals surface area contributed by atoms with Crippen LogP contribution in [0.15, 0.2) is 79.0 Å². The Morgan fingerprint density at radius 1 is 0.716 bits per heavy atom. The first kappa shape index (κ1) is 61.5. The zero-order valence-electron chi connectivity index (χ0n) is 50.3. The number of aromatic amines is 1. The van der Waals surface area contributed by atoms with Crippen LogP contribution in [0, 0.1) is 20.8 Å². The van der Waals surface area contributed by atoms with E-state index in [-0.39, 0.29) is 22.9 Å². The Bertz CT molecular complexity index is 4350. The van der Waals surface area contributed by atoms with Crippen LogP contribution in [0.25, 0.3) is 56.3 Å². The molecule has 0 atom stereocenters. The number of rotatable bonds is 9. The first-order valence-corrected chi connectivity index (χ1v) is 29.4. The molecule has 2 saturated heterocycles. The molecule has 14 rings (SSSR count). The SMILES string of the molecule is CCn1ncc(-c2nc3c(Cl)ncnc3n2C)c1C.CCn1ncc(-c2nc3c(N4CCC(n5c(=O)[nH]c6ncccc65)CC4)ncnc3n2C)c1C.CCn1ncc(C=O)c1C.CNc1ncnc(Cl)c1N.O=C1Nc2ncccc2[N+]12CCNCC2. The minimum Gasteiger partial charge on any atom is -0.393 e. The van der Waals surface area contributed by atoms with Gasteiger partial charge in [0, 0.05) is 109 Å². The number of carbonyl (C=O) groups excluding carboxylic acids is 2. The fraction of sp³-hybridized carbons (Fsp3) is 0.368. The van der Waals surface area contributed by atoms with Crippen molar-refractivity contribution in [2.45, 2.75) is 80.1 Å². The second-order valence-corrected chi connectivity index (χ2v) is 21.5. The van der Waals surface area contributed by atoms with Crippen LogP contribution in [0.1, 0.15) is 67.1 Å². The second kappa shape index (κ2) is 26.6. The third kappa shape index (κ3) is 11.9. The molecule has 0 bridgehead atoms. The maximum absolute atomic E-state index is 12.6. The fourth-order valence-corrected chi connectivity index (χ4v) is 11.4. The zero-order valence-corrected chi connectivity index (χ0v) is 51.8. The van der Waals surface area contributed by atoms with Crippen molar-refractivity contribution in [1.29, 1.82) is 0 Å². The number of nitrogens with two attached hydrogens (primary N) is 1. The van der Waals surface area contributed by atoms with Gasteiger partial charge in [0.05, 0.1) is 40.8 Å². The summed E-state index contributed by atoms with van der Waals surface area (Å²) in [6.07, 6.45) is 15.6. The van der Waals surface area contributed by atoms with Crippen molar-refractivity contribution in [3.8, 4) is 22.8 Å². The first-order chi connectivity index (χ1) is 42.6. The van der Waals surface area contributed by atoms with Crippen molar-refractivity contribution in [1.82, 2.24) is 108 Å². The molecule has 6 N–H and O–H groups in total. The number of piperazine rings is 1. The van der Waals surface area contributed by atoms with E-state index in [2.05, 4.69) is 107 Å². The summed E-state index contributed by atoms with van der Waals surface area (Å²) in [5, 5.41) is 22.4. The van der Waals surface area contributed by atoms with Crippen LogP contribution in [0.2, 0.25) is 10.3 Å². The van der Waals surface area contributed by atoms with Gasteiger partial charge in [-0.05, 0) is 72.6 Å². The fourth-order valence-electron chi connectivity index (χ4n) is 11.1. The van der Waals surface area contributed by atoms with Crippen LogP contribution in [0.4, 0.5) is 33.6 Å². The largest absolute Gasteiger partial charge is 0.427 e. The number of halogens is 2. The van der Waals surface area contributed by atoms with Crippen LogP contribution in [0.3, 0.4) is 0 Å². The quantitative estimate of drug-likeness (QED) is 0.0554. The van der Waals surface area contributed by atoms with Crippen molar-refractivity contribution < 1.29 is 9.59 Å². The molecule has 2 amide bonds. The van der Waals surface area contributed by atoms with E-state index in [0.717, 1.165) is 158 Å². The number of amides is 2. The summed E-state index contributed by atoms with van der Waals surface area (Å²) in [7, 11) is 5.61. The molecule has 88 heavy (non-hydrogen) atoms. The molecule has 458 valence electrons. The number of quaternary nitrogens is 1. The summed E-state index contributed by atoms with van der Waals surface area (Å²) < 4.78 is 11.9. The molecule has 11 aromatic heterocycles. The predicted molar refractivity (Wildman–Crippen MR) is 338 cm³/mol. The molecule has 29 nitrogen and oxygen atoms in total. The number of imidazole rings is 3. The summed E-state index contributed by atoms with van der Waals surface area (Å²) in [6.45, 7) is 19.5. The molecule has 3 aliphatic rings. The molecule has 0 aliphatic carbocycles. The van der Waals surface area contributed by atoms with Crippen LogP contribution < -0.4 is 36.8 Å². The Kier molecular flexibility index (Phi) is 18.6. The lowest BCUT2D eigenvalue weighted by Crippen LogP contribution is -2.61. The summed E-state index contributed by atoms with van der Waals surface area (Å²) in [5.41, 5.74) is 16.9. The van der Waals surface area contributed by atoms with E-state index in [9.17, 15) is 14.4 Å². The van der Waals surface area contributed by atoms with Crippen LogP contribution in [0.5, 0.6) is 0 Å². The molecule has 1 spiro atoms. The summed E-state index contributed by atoms with van der Waals surface area (Å²) in [6, 6.07) is 7.86. The molecule has 0 radical (unpaired) electrons. The standard InChI is InChI=1S/C23H26N10O.C12H13ClN6.C10H12N4O.C7H10N2O.C5H7ClN4/c1-4-32-14(2)16(12-27-32)20-28-18-21(30(20)3)25-13-26-22(18)31-10-7-15(8-11-31)33-17-6-5-9-24-19(17)29-23(33)34;1-4-19-7(2)8(5-16-19)11-17-9-10(13)14-6-15-12(9)18(11)3;15-10-13-9-8(2-1-3-12-9)14(10)6-4-11-5-7-14;1-3-9-6(2)7(5-10)4-8-9;1-8-5-3(7)4(6)9-2-10-5/h5-6,9,12-13,15H,4,7-8,10-11H2,1-3H3,(H,24,29,34);5-6H,4H2,1-3H3;1-3,11H,4-7H2;4-5H,3H2,1-2H3;2H,7H2,1H3,(H,8,9,10)/p+1. The van der Waals surface area contributed by atoms with Gasteiger partial charge in [-0.3, -0.25) is 33.7 Å². The van der Waals surface area contributed by atoms with Crippen molar-refractivity contribution >= 4 is 97.8 Å². The lowest BCUT2D eigenvalue weighted by atomic mass is 10.0. The van der Waals surface area contributed by atoms with Crippen molar-refractivity contribution in [3.05, 3.63) is 118 Å². The highest BCUT2D eigenvalue weighted by Gasteiger charge is 2.48. The number of piperidine rings is 1. The Morgan fingerprint density at radius 3 is 1.86 bits per heavy atom. The van der Waals surface area contributed by atoms with Gasteiger partial charge >= 0.3 is 11.7 Å². The van der Waals surface area contributed by atoms with E-state index >= 15 is 0 Å². The van der Waals surface area contributed by atoms with Gasteiger partial charge in [0.2, 0.25) is 0 Å². The van der Waals surface area contributed by atoms with Crippen molar-refractivity contribution in [2.75, 3.05) is 67.6 Å². The number of nitrogens with one attached hydrogen (secondary N) is 4. The average Bonchev–Trinajstić information content (AvgIpc) is 2.04. The number of carbonyl (C=O) groups is 2. The number of urea groups is 1. The molecule has 0 saturated carbocycles. The number of nitrogen functional groups attached to an aromatic ring is 1. The van der Waals surface area contributed by atoms with Gasteiger partial charge in [-0.1, -0.05) is 23.2 Å². The van der Waals surface area contributed by atoms with Crippen LogP contribution in [-0.4, -0.2) is 157 Å². The Morgan fingerprint density at radius 2 is 1.28 bits per heavy atom. The third-order valence-corrected chi connectivity index (χ3v) is 16.6. The average molecular weight is 1240 g/mol. The first-order valence-electron chi connectivity index (χ1n) is 28.7. The highest BCUT2D eigenvalue weighted by atomic mass is 35.5. The van der Waals surface area contributed by atoms with Crippen LogP contribution >= 0.6 is 23.2 Å². The predicted octanol–water partition coefficient (Wildman–Crippen LogP) is 6.96. The number of fused-ring (bicyclic) bond motifs is 5. The Hall–Kier alpha value is -9.58. The van der Waals surface area contributed by atoms with Gasteiger partial charge in [-0.2, -0.15) is 15.3 Å². The molecule has 14 heterocycles. The maximum Gasteiger partial charge on any atom is 0.427 e. The van der Waals surface area contributed by atoms with Gasteiger partial charge in [-0.25, -0.2) is 63.9 Å². The number of hydrogen-bond acceptors (Lipinski definition) is 20. The number of aryl methyl sites for hydroxylation is 5. The summed E-state index contributed by atoms with van der Waals surface area (Å²) in [4.78, 5) is 82.8. The molecule has 3 aliphatic heterocycles. The number of anilines is 4. The van der Waals surface area contributed by atoms with E-state index in [1.54, 1.807) is 36.6 Å². The normalized spacial score (nSPS) is 14.3. The Balaban J connectivity index is 0.000000134. The van der Waals surface area contributed by atoms with Crippen molar-refractivity contribution in [2.24, 2.45) is 14.1 Å². The number of hydrogen-bond donors (Lipinski definition) is 5. The third-order valence-electron chi connectivity index (χ3n) is 16.0. The van der Waals surface area contributed by atoms with E-state index in [1.807, 2.05) is 94.6 Å². The topological polar surface area (TPSA) is 329 Å². The molecular formula is C57H69Cl2N26O3+. The smallest absolute Gasteiger partial charge is 0.393 e. The Labute approximate surface area is 515 Å². The summed E-state index contributed by atoms with van der Waals surface area (Å²) >= 11 is 11.6. The highest BCUT2D eigenvalue weighted by Crippen LogP contribution is 2.37. The van der Waals surface area contributed by atoms with Gasteiger partial charge in [0.25, 0.3) is 0 Å². The van der Waals surface area contributed by atoms with Gasteiger partial charge < -0.3 is 30.4 Å². The lowest BCUT2D eigenvalue weighted by Gasteiger charge is -2.33. The number of pyridine rings is 2. The van der Waals surface area contributed by atoms with E-state index in [1.165, 1.54) is 12.7 Å². The number of aldehydes is 1. The summed E-state index contributed by atoms with van der Waals surface area (Å²) in [5.74, 6) is 3.75. The minimum atomic E-state index is -0.103. The molecular weight excluding hydrogens is 1170 g/mol. The number of nitrogens with zero attached hydrogens (tertiary/aromatic N) is 21. The highest BCUT2D eigenvalue weighted by molar-refractivity contribution is 6.33. The molecule has 31 heteroatoms. The van der Waals surface area contributed by atoms with Gasteiger partial charge in [0.1, 0.15) is 54.9 Å². The van der Waals surface area contributed by atoms with E-state index < -0.39 is 0 Å². The molecule has 0 aromatic carbocycles. The monoisotopic (exact) mass is 1240 g/mol. The van der Waals surface area contributed by atoms with E-state index in [4.69, 9.17) is 33.9 Å². The molecule has 0 unspecified atom stereocenters. The van der Waals surface area contributed by atoms with Gasteiger partial charge in [0.15, 0.2) is 62.2 Å². The molecule has 11 aromatic rings. The molecule has 2 fully saturated rings. The lowest BCUT2D eigenvalue weighted by molar-refractivity contribution is 0.112. The van der Waals surface area contributed by atoms with E-state index in [0.29, 0.717) is 37.9 Å². The van der Waals surface area contributed by atoms with Crippen molar-refractivity contribution in [3.63, 3.8) is 0 Å².